The van der Waals surface area contributed by atoms with Gasteiger partial charge in [-0.3, -0.25) is 9.36 Å². The topological polar surface area (TPSA) is 88.4 Å². The first-order valence-electron chi connectivity index (χ1n) is 11.1. The third kappa shape index (κ3) is 4.64. The molecular formula is C26H25ClN2O6S. The molecule has 1 aromatic heterocycles. The molecule has 0 N–H and O–H groups in total. The van der Waals surface area contributed by atoms with E-state index in [0.29, 0.717) is 48.4 Å². The molecule has 0 amide bonds. The first-order valence-corrected chi connectivity index (χ1v) is 12.3. The summed E-state index contributed by atoms with van der Waals surface area (Å²) in [5, 5.41) is 0.548. The second kappa shape index (κ2) is 10.6. The summed E-state index contributed by atoms with van der Waals surface area (Å²) in [5.74, 6) is 0.874. The number of fused-ring (bicyclic) bond motifs is 1. The summed E-state index contributed by atoms with van der Waals surface area (Å²) in [6.45, 7) is 3.68. The lowest BCUT2D eigenvalue weighted by molar-refractivity contribution is -0.139. The van der Waals surface area contributed by atoms with Crippen LogP contribution in [0.5, 0.6) is 17.2 Å². The number of carbonyl (C=O) groups is 1. The number of esters is 1. The summed E-state index contributed by atoms with van der Waals surface area (Å²) in [7, 11) is 4.58. The van der Waals surface area contributed by atoms with Gasteiger partial charge in [-0.2, -0.15) is 0 Å². The quantitative estimate of drug-likeness (QED) is 0.436. The fourth-order valence-corrected chi connectivity index (χ4v) is 5.26. The molecule has 0 saturated heterocycles. The minimum Gasteiger partial charge on any atom is -0.493 e. The van der Waals surface area contributed by atoms with Crippen molar-refractivity contribution >= 4 is 35.0 Å². The molecule has 3 aromatic rings. The largest absolute Gasteiger partial charge is 0.493 e. The van der Waals surface area contributed by atoms with Crippen molar-refractivity contribution in [2.24, 2.45) is 4.99 Å². The summed E-state index contributed by atoms with van der Waals surface area (Å²) >= 11 is 7.33. The maximum Gasteiger partial charge on any atom is 0.338 e. The Morgan fingerprint density at radius 3 is 2.31 bits per heavy atom. The normalized spacial score (nSPS) is 15.3. The van der Waals surface area contributed by atoms with Crippen LogP contribution in [-0.4, -0.2) is 38.5 Å². The van der Waals surface area contributed by atoms with Gasteiger partial charge in [0.1, 0.15) is 0 Å². The number of halogens is 1. The van der Waals surface area contributed by atoms with Gasteiger partial charge in [-0.25, -0.2) is 9.79 Å². The Balaban J connectivity index is 1.94. The van der Waals surface area contributed by atoms with Gasteiger partial charge < -0.3 is 18.9 Å². The molecule has 0 saturated carbocycles. The lowest BCUT2D eigenvalue weighted by Gasteiger charge is -2.24. The van der Waals surface area contributed by atoms with E-state index in [-0.39, 0.29) is 12.2 Å². The van der Waals surface area contributed by atoms with E-state index >= 15 is 0 Å². The average molecular weight is 529 g/mol. The molecule has 0 aliphatic carbocycles. The summed E-state index contributed by atoms with van der Waals surface area (Å²) < 4.78 is 23.5. The van der Waals surface area contributed by atoms with Gasteiger partial charge in [-0.05, 0) is 55.3 Å². The number of hydrogen-bond acceptors (Lipinski definition) is 8. The van der Waals surface area contributed by atoms with Crippen LogP contribution < -0.4 is 29.1 Å². The van der Waals surface area contributed by atoms with Crippen LogP contribution in [-0.2, 0) is 9.53 Å². The number of nitrogens with zero attached hydrogens (tertiary/aromatic N) is 2. The molecule has 8 nitrogen and oxygen atoms in total. The van der Waals surface area contributed by atoms with E-state index in [1.807, 2.05) is 0 Å². The average Bonchev–Trinajstić information content (AvgIpc) is 3.17. The summed E-state index contributed by atoms with van der Waals surface area (Å²) in [5.41, 5.74) is 1.91. The maximum absolute atomic E-state index is 13.7. The molecule has 0 fully saturated rings. The van der Waals surface area contributed by atoms with Gasteiger partial charge in [0.05, 0.1) is 49.8 Å². The van der Waals surface area contributed by atoms with Crippen molar-refractivity contribution < 1.29 is 23.7 Å². The molecule has 0 spiro atoms. The lowest BCUT2D eigenvalue weighted by Crippen LogP contribution is -2.39. The SMILES string of the molecule is CCOC(=O)C1=C(C)N=c2s/c(=C/c3cc(OC)c(OC)c(OC)c3)c(=O)n2C1c1ccc(Cl)cc1. The highest BCUT2D eigenvalue weighted by molar-refractivity contribution is 7.07. The van der Waals surface area contributed by atoms with Crippen molar-refractivity contribution in [1.82, 2.24) is 4.57 Å². The Hall–Kier alpha value is -3.56. The van der Waals surface area contributed by atoms with Gasteiger partial charge in [0.25, 0.3) is 5.56 Å². The van der Waals surface area contributed by atoms with E-state index in [1.54, 1.807) is 56.3 Å². The molecule has 1 aliphatic heterocycles. The van der Waals surface area contributed by atoms with Gasteiger partial charge in [-0.15, -0.1) is 0 Å². The zero-order valence-electron chi connectivity index (χ0n) is 20.5. The van der Waals surface area contributed by atoms with Gasteiger partial charge in [0.15, 0.2) is 16.3 Å². The number of aromatic nitrogens is 1. The molecule has 0 radical (unpaired) electrons. The van der Waals surface area contributed by atoms with E-state index in [1.165, 1.54) is 37.2 Å². The Morgan fingerprint density at radius 2 is 1.75 bits per heavy atom. The van der Waals surface area contributed by atoms with Crippen molar-refractivity contribution in [3.05, 3.63) is 83.5 Å². The van der Waals surface area contributed by atoms with Gasteiger partial charge in [-0.1, -0.05) is 35.1 Å². The van der Waals surface area contributed by atoms with E-state index in [0.717, 1.165) is 5.56 Å². The van der Waals surface area contributed by atoms with Gasteiger partial charge in [0, 0.05) is 5.02 Å². The van der Waals surface area contributed by atoms with Crippen LogP contribution >= 0.6 is 22.9 Å². The number of benzene rings is 2. The van der Waals surface area contributed by atoms with E-state index < -0.39 is 12.0 Å². The van der Waals surface area contributed by atoms with E-state index in [4.69, 9.17) is 30.5 Å². The minimum absolute atomic E-state index is 0.203. The molecule has 1 aliphatic rings. The maximum atomic E-state index is 13.7. The van der Waals surface area contributed by atoms with Crippen LogP contribution in [0.2, 0.25) is 5.02 Å². The standard InChI is InChI=1S/C26H25ClN2O6S/c1-6-35-25(31)21-14(2)28-26-29(22(21)16-7-9-17(27)10-8-16)24(30)20(36-26)13-15-11-18(32-3)23(34-5)19(12-15)33-4/h7-13,22H,6H2,1-5H3/b20-13+. The van der Waals surface area contributed by atoms with Crippen LogP contribution in [0.3, 0.4) is 0 Å². The van der Waals surface area contributed by atoms with E-state index in [9.17, 15) is 9.59 Å². The van der Waals surface area contributed by atoms with Crippen LogP contribution in [0.4, 0.5) is 0 Å². The number of ether oxygens (including phenoxy) is 4. The summed E-state index contributed by atoms with van der Waals surface area (Å²) in [4.78, 5) is 31.7. The monoisotopic (exact) mass is 528 g/mol. The highest BCUT2D eigenvalue weighted by Gasteiger charge is 2.33. The van der Waals surface area contributed by atoms with E-state index in [2.05, 4.69) is 4.99 Å². The number of thiazole rings is 1. The van der Waals surface area contributed by atoms with Crippen LogP contribution in [0.15, 0.2) is 57.5 Å². The molecule has 36 heavy (non-hydrogen) atoms. The molecular weight excluding hydrogens is 504 g/mol. The van der Waals surface area contributed by atoms with Gasteiger partial charge >= 0.3 is 5.97 Å². The van der Waals surface area contributed by atoms with Crippen LogP contribution in [0.1, 0.15) is 31.0 Å². The molecule has 0 bridgehead atoms. The predicted molar refractivity (Wildman–Crippen MR) is 138 cm³/mol. The number of carbonyl (C=O) groups excluding carboxylic acids is 1. The molecule has 2 heterocycles. The second-order valence-electron chi connectivity index (χ2n) is 7.81. The molecule has 10 heteroatoms. The first-order chi connectivity index (χ1) is 17.3. The number of methoxy groups -OCH3 is 3. The molecule has 1 unspecified atom stereocenters. The minimum atomic E-state index is -0.709. The molecule has 1 atom stereocenters. The van der Waals surface area contributed by atoms with Crippen molar-refractivity contribution in [2.45, 2.75) is 19.9 Å². The lowest BCUT2D eigenvalue weighted by atomic mass is 9.96. The van der Waals surface area contributed by atoms with Crippen molar-refractivity contribution in [3.63, 3.8) is 0 Å². The Morgan fingerprint density at radius 1 is 1.11 bits per heavy atom. The summed E-state index contributed by atoms with van der Waals surface area (Å²) in [6.07, 6.45) is 1.73. The number of rotatable bonds is 7. The number of allylic oxidation sites excluding steroid dienone is 1. The summed E-state index contributed by atoms with van der Waals surface area (Å²) in [6, 6.07) is 9.83. The van der Waals surface area contributed by atoms with Gasteiger partial charge in [0.2, 0.25) is 5.75 Å². The predicted octanol–water partition coefficient (Wildman–Crippen LogP) is 3.48. The molecule has 4 rings (SSSR count). The fourth-order valence-electron chi connectivity index (χ4n) is 4.09. The van der Waals surface area contributed by atoms with Crippen LogP contribution in [0, 0.1) is 0 Å². The second-order valence-corrected chi connectivity index (χ2v) is 9.26. The number of hydrogen-bond donors (Lipinski definition) is 0. The highest BCUT2D eigenvalue weighted by Crippen LogP contribution is 2.38. The Bertz CT molecular complexity index is 1500. The first kappa shape index (κ1) is 25.5. The Kier molecular flexibility index (Phi) is 7.51. The van der Waals surface area contributed by atoms with Crippen LogP contribution in [0.25, 0.3) is 6.08 Å². The highest BCUT2D eigenvalue weighted by atomic mass is 35.5. The fraction of sp³-hybridized carbons (Fsp3) is 0.269. The molecule has 2 aromatic carbocycles. The third-order valence-electron chi connectivity index (χ3n) is 5.69. The Labute approximate surface area is 216 Å². The zero-order valence-corrected chi connectivity index (χ0v) is 22.0. The van der Waals surface area contributed by atoms with Crippen molar-refractivity contribution in [3.8, 4) is 17.2 Å². The van der Waals surface area contributed by atoms with Crippen molar-refractivity contribution in [2.75, 3.05) is 27.9 Å². The van der Waals surface area contributed by atoms with Crippen molar-refractivity contribution in [1.29, 1.82) is 0 Å². The smallest absolute Gasteiger partial charge is 0.338 e. The molecule has 188 valence electrons. The third-order valence-corrected chi connectivity index (χ3v) is 6.92. The zero-order chi connectivity index (χ0) is 26.0.